The summed E-state index contributed by atoms with van der Waals surface area (Å²) in [5.74, 6) is 0.489. The molecule has 0 spiro atoms. The van der Waals surface area contributed by atoms with Crippen LogP contribution in [0.4, 0.5) is 0 Å². The summed E-state index contributed by atoms with van der Waals surface area (Å²) in [7, 11) is -2.86. The van der Waals surface area contributed by atoms with Gasteiger partial charge in [0.25, 0.3) is 0 Å². The number of hydrogen-bond donors (Lipinski definition) is 2. The van der Waals surface area contributed by atoms with Crippen molar-refractivity contribution in [1.29, 1.82) is 0 Å². The zero-order valence-electron chi connectivity index (χ0n) is 9.07. The van der Waals surface area contributed by atoms with E-state index in [2.05, 4.69) is 5.32 Å². The molecular formula is C10H19NO3S. The van der Waals surface area contributed by atoms with Crippen LogP contribution in [0.25, 0.3) is 0 Å². The van der Waals surface area contributed by atoms with Gasteiger partial charge < -0.3 is 10.4 Å². The van der Waals surface area contributed by atoms with Gasteiger partial charge in [0, 0.05) is 11.6 Å². The van der Waals surface area contributed by atoms with Crippen molar-refractivity contribution >= 4 is 9.84 Å². The lowest BCUT2D eigenvalue weighted by Crippen LogP contribution is -2.51. The quantitative estimate of drug-likeness (QED) is 0.708. The van der Waals surface area contributed by atoms with Crippen LogP contribution in [0.3, 0.4) is 0 Å². The van der Waals surface area contributed by atoms with Crippen LogP contribution in [0.15, 0.2) is 0 Å². The van der Waals surface area contributed by atoms with Crippen molar-refractivity contribution in [1.82, 2.24) is 5.32 Å². The second kappa shape index (κ2) is 3.71. The van der Waals surface area contributed by atoms with Crippen LogP contribution in [0, 0.1) is 0 Å². The summed E-state index contributed by atoms with van der Waals surface area (Å²) in [6.45, 7) is 1.95. The number of sulfone groups is 1. The molecule has 0 bridgehead atoms. The van der Waals surface area contributed by atoms with Gasteiger partial charge in [-0.1, -0.05) is 0 Å². The summed E-state index contributed by atoms with van der Waals surface area (Å²) in [4.78, 5) is 0. The summed E-state index contributed by atoms with van der Waals surface area (Å²) in [6.07, 6.45) is 3.18. The second-order valence-corrected chi connectivity index (χ2v) is 7.34. The van der Waals surface area contributed by atoms with Gasteiger partial charge >= 0.3 is 0 Å². The Morgan fingerprint density at radius 3 is 2.60 bits per heavy atom. The van der Waals surface area contributed by atoms with Gasteiger partial charge in [0.2, 0.25) is 0 Å². The number of nitrogens with one attached hydrogen (secondary N) is 1. The zero-order valence-corrected chi connectivity index (χ0v) is 9.89. The van der Waals surface area contributed by atoms with Crippen LogP contribution >= 0.6 is 0 Å². The number of aliphatic hydroxyl groups excluding tert-OH is 1. The van der Waals surface area contributed by atoms with Crippen molar-refractivity contribution in [3.05, 3.63) is 0 Å². The fraction of sp³-hybridized carbons (Fsp3) is 1.00. The topological polar surface area (TPSA) is 66.4 Å². The number of rotatable bonds is 2. The Kier molecular flexibility index (Phi) is 2.81. The lowest BCUT2D eigenvalue weighted by atomic mass is 9.99. The first kappa shape index (κ1) is 11.4. The normalized spacial score (nSPS) is 44.7. The summed E-state index contributed by atoms with van der Waals surface area (Å²) in [5.41, 5.74) is -0.325. The van der Waals surface area contributed by atoms with Crippen molar-refractivity contribution in [2.75, 3.05) is 11.5 Å². The Balaban J connectivity index is 2.00. The second-order valence-electron chi connectivity index (χ2n) is 5.15. The molecule has 1 unspecified atom stereocenters. The molecule has 1 heterocycles. The van der Waals surface area contributed by atoms with Crippen molar-refractivity contribution in [3.8, 4) is 0 Å². The molecule has 4 nitrogen and oxygen atoms in total. The summed E-state index contributed by atoms with van der Waals surface area (Å²) in [5, 5.41) is 13.0. The van der Waals surface area contributed by atoms with E-state index in [1.807, 2.05) is 6.92 Å². The van der Waals surface area contributed by atoms with Crippen LogP contribution in [0.5, 0.6) is 0 Å². The third-order valence-electron chi connectivity index (χ3n) is 3.52. The van der Waals surface area contributed by atoms with Gasteiger partial charge in [0.05, 0.1) is 17.6 Å². The molecule has 0 aromatic carbocycles. The first-order chi connectivity index (χ1) is 6.90. The Hall–Kier alpha value is -0.130. The van der Waals surface area contributed by atoms with Crippen molar-refractivity contribution in [2.24, 2.45) is 0 Å². The van der Waals surface area contributed by atoms with E-state index in [0.717, 1.165) is 19.3 Å². The monoisotopic (exact) mass is 233 g/mol. The fourth-order valence-corrected chi connectivity index (χ4v) is 4.79. The Bertz CT molecular complexity index is 341. The molecule has 1 saturated carbocycles. The minimum atomic E-state index is -2.86. The average Bonchev–Trinajstić information content (AvgIpc) is 2.59. The largest absolute Gasteiger partial charge is 0.392 e. The standard InChI is InChI=1S/C10H19NO3S/c1-10(5-6-15(13,14)7-10)11-8-3-2-4-9(8)12/h8-9,11-12H,2-7H2,1H3/t8-,9-,10?/m0/s1. The zero-order chi connectivity index (χ0) is 11.1. The van der Waals surface area contributed by atoms with Gasteiger partial charge in [-0.2, -0.15) is 0 Å². The molecule has 2 aliphatic rings. The molecule has 15 heavy (non-hydrogen) atoms. The SMILES string of the molecule is CC1(N[C@H]2CCC[C@@H]2O)CCS(=O)(=O)C1. The average molecular weight is 233 g/mol. The van der Waals surface area contributed by atoms with Crippen molar-refractivity contribution in [3.63, 3.8) is 0 Å². The van der Waals surface area contributed by atoms with Gasteiger partial charge in [-0.3, -0.25) is 0 Å². The highest BCUT2D eigenvalue weighted by molar-refractivity contribution is 7.91. The molecule has 0 radical (unpaired) electrons. The molecule has 2 rings (SSSR count). The predicted octanol–water partition coefficient (Wildman–Crippen LogP) is 0.0666. The highest BCUT2D eigenvalue weighted by Gasteiger charge is 2.41. The van der Waals surface area contributed by atoms with Crippen LogP contribution in [-0.4, -0.2) is 42.7 Å². The highest BCUT2D eigenvalue weighted by Crippen LogP contribution is 2.27. The molecule has 0 aromatic heterocycles. The number of aliphatic hydroxyl groups is 1. The minimum Gasteiger partial charge on any atom is -0.392 e. The van der Waals surface area contributed by atoms with E-state index in [-0.39, 0.29) is 29.2 Å². The molecule has 2 fully saturated rings. The third kappa shape index (κ3) is 2.52. The third-order valence-corrected chi connectivity index (χ3v) is 5.42. The molecule has 3 atom stereocenters. The van der Waals surface area contributed by atoms with E-state index in [0.29, 0.717) is 6.42 Å². The van der Waals surface area contributed by atoms with Crippen LogP contribution in [-0.2, 0) is 9.84 Å². The van der Waals surface area contributed by atoms with Gasteiger partial charge in [0.15, 0.2) is 9.84 Å². The van der Waals surface area contributed by atoms with Gasteiger partial charge in [-0.15, -0.1) is 0 Å². The maximum absolute atomic E-state index is 11.4. The Morgan fingerprint density at radius 2 is 2.13 bits per heavy atom. The van der Waals surface area contributed by atoms with Gasteiger partial charge in [-0.05, 0) is 32.6 Å². The summed E-state index contributed by atoms with van der Waals surface area (Å²) < 4.78 is 22.8. The van der Waals surface area contributed by atoms with Crippen LogP contribution in [0.1, 0.15) is 32.6 Å². The lowest BCUT2D eigenvalue weighted by molar-refractivity contribution is 0.133. The van der Waals surface area contributed by atoms with Gasteiger partial charge in [0.1, 0.15) is 0 Å². The maximum atomic E-state index is 11.4. The highest BCUT2D eigenvalue weighted by atomic mass is 32.2. The van der Waals surface area contributed by atoms with Crippen molar-refractivity contribution in [2.45, 2.75) is 50.3 Å². The molecule has 88 valence electrons. The molecule has 1 aliphatic heterocycles. The maximum Gasteiger partial charge on any atom is 0.152 e. The van der Waals surface area contributed by atoms with E-state index in [4.69, 9.17) is 0 Å². The Labute approximate surface area is 91.0 Å². The lowest BCUT2D eigenvalue weighted by Gasteiger charge is -2.30. The summed E-state index contributed by atoms with van der Waals surface area (Å²) in [6, 6.07) is 0.0864. The molecule has 1 aliphatic carbocycles. The van der Waals surface area contributed by atoms with Crippen LogP contribution in [0.2, 0.25) is 0 Å². The van der Waals surface area contributed by atoms with E-state index in [1.54, 1.807) is 0 Å². The van der Waals surface area contributed by atoms with Crippen molar-refractivity contribution < 1.29 is 13.5 Å². The molecule has 2 N–H and O–H groups in total. The Morgan fingerprint density at radius 1 is 1.40 bits per heavy atom. The molecule has 1 saturated heterocycles. The van der Waals surface area contributed by atoms with E-state index >= 15 is 0 Å². The molecular weight excluding hydrogens is 214 g/mol. The predicted molar refractivity (Wildman–Crippen MR) is 58.5 cm³/mol. The molecule has 0 aromatic rings. The smallest absolute Gasteiger partial charge is 0.152 e. The first-order valence-corrected chi connectivity index (χ1v) is 7.39. The first-order valence-electron chi connectivity index (χ1n) is 5.56. The minimum absolute atomic E-state index is 0.0864. The van der Waals surface area contributed by atoms with E-state index < -0.39 is 9.84 Å². The fourth-order valence-electron chi connectivity index (χ4n) is 2.68. The molecule has 5 heteroatoms. The van der Waals surface area contributed by atoms with Crippen LogP contribution < -0.4 is 5.32 Å². The molecule has 0 amide bonds. The van der Waals surface area contributed by atoms with E-state index in [9.17, 15) is 13.5 Å². The van der Waals surface area contributed by atoms with E-state index in [1.165, 1.54) is 0 Å². The summed E-state index contributed by atoms with van der Waals surface area (Å²) >= 11 is 0. The van der Waals surface area contributed by atoms with Gasteiger partial charge in [-0.25, -0.2) is 8.42 Å². The number of hydrogen-bond acceptors (Lipinski definition) is 4.